The molecule has 1 aliphatic rings. The zero-order valence-corrected chi connectivity index (χ0v) is 11.8. The molecule has 3 amide bonds. The van der Waals surface area contributed by atoms with Crippen molar-refractivity contribution in [1.82, 2.24) is 15.5 Å². The van der Waals surface area contributed by atoms with Crippen LogP contribution in [0.15, 0.2) is 18.2 Å². The Bertz CT molecular complexity index is 514. The number of carbonyl (C=O) groups excluding carboxylic acids is 2. The van der Waals surface area contributed by atoms with Crippen LogP contribution in [-0.2, 0) is 6.42 Å². The summed E-state index contributed by atoms with van der Waals surface area (Å²) in [5, 5.41) is 8.72. The lowest BCUT2D eigenvalue weighted by Crippen LogP contribution is -2.39. The average molecular weight is 276 g/mol. The van der Waals surface area contributed by atoms with Crippen molar-refractivity contribution in [2.75, 3.05) is 39.0 Å². The van der Waals surface area contributed by atoms with Crippen LogP contribution in [0, 0.1) is 0 Å². The largest absolute Gasteiger partial charge is 0.384 e. The van der Waals surface area contributed by atoms with Crippen molar-refractivity contribution in [2.45, 2.75) is 6.42 Å². The molecule has 20 heavy (non-hydrogen) atoms. The summed E-state index contributed by atoms with van der Waals surface area (Å²) in [5.41, 5.74) is 2.93. The number of rotatable bonds is 4. The Labute approximate surface area is 118 Å². The normalized spacial score (nSPS) is 12.3. The molecule has 0 radical (unpaired) electrons. The van der Waals surface area contributed by atoms with Crippen LogP contribution < -0.4 is 16.0 Å². The van der Waals surface area contributed by atoms with Gasteiger partial charge in [0.1, 0.15) is 0 Å². The van der Waals surface area contributed by atoms with Crippen molar-refractivity contribution in [1.29, 1.82) is 0 Å². The van der Waals surface area contributed by atoms with Gasteiger partial charge in [0.15, 0.2) is 0 Å². The number of benzene rings is 1. The standard InChI is InChI=1S/C14H20N4O2/c1-18(2)14(20)17-8-7-16-13(19)11-4-3-10-5-6-15-12(10)9-11/h3-4,9,15H,5-8H2,1-2H3,(H,16,19)(H,17,20). The van der Waals surface area contributed by atoms with Crippen LogP contribution >= 0.6 is 0 Å². The molecule has 0 saturated heterocycles. The molecule has 0 bridgehead atoms. The minimum Gasteiger partial charge on any atom is -0.384 e. The summed E-state index contributed by atoms with van der Waals surface area (Å²) in [5.74, 6) is -0.124. The maximum atomic E-state index is 12.0. The van der Waals surface area contributed by atoms with Gasteiger partial charge in [-0.05, 0) is 24.1 Å². The summed E-state index contributed by atoms with van der Waals surface area (Å²) in [6.45, 7) is 1.74. The lowest BCUT2D eigenvalue weighted by Gasteiger charge is -2.12. The highest BCUT2D eigenvalue weighted by Crippen LogP contribution is 2.22. The molecule has 1 heterocycles. The number of hydrogen-bond donors (Lipinski definition) is 3. The van der Waals surface area contributed by atoms with E-state index >= 15 is 0 Å². The molecule has 0 aromatic heterocycles. The Kier molecular flexibility index (Phi) is 4.45. The molecule has 0 unspecified atom stereocenters. The van der Waals surface area contributed by atoms with Crippen LogP contribution in [0.25, 0.3) is 0 Å². The first-order valence-electron chi connectivity index (χ1n) is 6.68. The van der Waals surface area contributed by atoms with Gasteiger partial charge < -0.3 is 20.9 Å². The second-order valence-corrected chi connectivity index (χ2v) is 4.93. The molecule has 0 saturated carbocycles. The third kappa shape index (κ3) is 3.40. The fraction of sp³-hybridized carbons (Fsp3) is 0.429. The van der Waals surface area contributed by atoms with Gasteiger partial charge in [0.05, 0.1) is 0 Å². The van der Waals surface area contributed by atoms with E-state index in [2.05, 4.69) is 16.0 Å². The summed E-state index contributed by atoms with van der Waals surface area (Å²) in [6, 6.07) is 5.52. The Morgan fingerprint density at radius 2 is 2.00 bits per heavy atom. The van der Waals surface area contributed by atoms with E-state index in [1.165, 1.54) is 10.5 Å². The molecule has 6 nitrogen and oxygen atoms in total. The van der Waals surface area contributed by atoms with Gasteiger partial charge in [0.2, 0.25) is 0 Å². The maximum Gasteiger partial charge on any atom is 0.316 e. The lowest BCUT2D eigenvalue weighted by molar-refractivity contribution is 0.0953. The minimum absolute atomic E-state index is 0.124. The summed E-state index contributed by atoms with van der Waals surface area (Å²) < 4.78 is 0. The molecule has 0 spiro atoms. The zero-order valence-electron chi connectivity index (χ0n) is 11.8. The molecule has 6 heteroatoms. The van der Waals surface area contributed by atoms with E-state index in [9.17, 15) is 9.59 Å². The first-order valence-corrected chi connectivity index (χ1v) is 6.68. The van der Waals surface area contributed by atoms with Crippen LogP contribution in [0.2, 0.25) is 0 Å². The van der Waals surface area contributed by atoms with E-state index in [-0.39, 0.29) is 11.9 Å². The quantitative estimate of drug-likeness (QED) is 0.707. The first kappa shape index (κ1) is 14.2. The number of amides is 3. The Balaban J connectivity index is 1.79. The Morgan fingerprint density at radius 1 is 1.25 bits per heavy atom. The molecular formula is C14H20N4O2. The highest BCUT2D eigenvalue weighted by molar-refractivity contribution is 5.95. The number of carbonyl (C=O) groups is 2. The topological polar surface area (TPSA) is 73.5 Å². The lowest BCUT2D eigenvalue weighted by atomic mass is 10.1. The highest BCUT2D eigenvalue weighted by Gasteiger charge is 2.13. The Morgan fingerprint density at radius 3 is 2.75 bits per heavy atom. The number of anilines is 1. The monoisotopic (exact) mass is 276 g/mol. The Hall–Kier alpha value is -2.24. The maximum absolute atomic E-state index is 12.0. The molecule has 1 aromatic carbocycles. The molecule has 0 atom stereocenters. The van der Waals surface area contributed by atoms with E-state index in [0.717, 1.165) is 18.7 Å². The van der Waals surface area contributed by atoms with Crippen molar-refractivity contribution in [3.05, 3.63) is 29.3 Å². The zero-order chi connectivity index (χ0) is 14.5. The number of nitrogens with zero attached hydrogens (tertiary/aromatic N) is 1. The van der Waals surface area contributed by atoms with Crippen LogP contribution in [-0.4, -0.2) is 50.6 Å². The van der Waals surface area contributed by atoms with Crippen LogP contribution in [0.1, 0.15) is 15.9 Å². The molecular weight excluding hydrogens is 256 g/mol. The third-order valence-electron chi connectivity index (χ3n) is 3.17. The van der Waals surface area contributed by atoms with Crippen molar-refractivity contribution >= 4 is 17.6 Å². The first-order chi connectivity index (χ1) is 9.58. The second-order valence-electron chi connectivity index (χ2n) is 4.93. The molecule has 1 aromatic rings. The van der Waals surface area contributed by atoms with Gasteiger partial charge in [0, 0.05) is 45.0 Å². The van der Waals surface area contributed by atoms with Gasteiger partial charge in [-0.1, -0.05) is 6.07 Å². The summed E-state index contributed by atoms with van der Waals surface area (Å²) in [7, 11) is 3.34. The molecule has 1 aliphatic heterocycles. The van der Waals surface area contributed by atoms with Gasteiger partial charge in [-0.3, -0.25) is 4.79 Å². The van der Waals surface area contributed by atoms with Crippen molar-refractivity contribution < 1.29 is 9.59 Å². The average Bonchev–Trinajstić information content (AvgIpc) is 2.90. The van der Waals surface area contributed by atoms with E-state index in [1.54, 1.807) is 14.1 Å². The summed E-state index contributed by atoms with van der Waals surface area (Å²) >= 11 is 0. The minimum atomic E-state index is -0.166. The van der Waals surface area contributed by atoms with E-state index in [1.807, 2.05) is 18.2 Å². The van der Waals surface area contributed by atoms with Crippen LogP contribution in [0.5, 0.6) is 0 Å². The van der Waals surface area contributed by atoms with Gasteiger partial charge in [-0.25, -0.2) is 4.79 Å². The summed E-state index contributed by atoms with van der Waals surface area (Å²) in [6.07, 6.45) is 1.01. The predicted molar refractivity (Wildman–Crippen MR) is 78.1 cm³/mol. The van der Waals surface area contributed by atoms with E-state index in [0.29, 0.717) is 18.7 Å². The summed E-state index contributed by atoms with van der Waals surface area (Å²) in [4.78, 5) is 24.7. The number of hydrogen-bond acceptors (Lipinski definition) is 3. The molecule has 0 aliphatic carbocycles. The van der Waals surface area contributed by atoms with Gasteiger partial charge in [0.25, 0.3) is 5.91 Å². The van der Waals surface area contributed by atoms with Crippen molar-refractivity contribution in [2.24, 2.45) is 0 Å². The van der Waals surface area contributed by atoms with E-state index < -0.39 is 0 Å². The van der Waals surface area contributed by atoms with Gasteiger partial charge in [-0.2, -0.15) is 0 Å². The molecule has 2 rings (SSSR count). The predicted octanol–water partition coefficient (Wildman–Crippen LogP) is 0.656. The fourth-order valence-electron chi connectivity index (χ4n) is 2.04. The highest BCUT2D eigenvalue weighted by atomic mass is 16.2. The number of nitrogens with one attached hydrogen (secondary N) is 3. The fourth-order valence-corrected chi connectivity index (χ4v) is 2.04. The SMILES string of the molecule is CN(C)C(=O)NCCNC(=O)c1ccc2c(c1)NCC2. The van der Waals surface area contributed by atoms with Crippen LogP contribution in [0.3, 0.4) is 0 Å². The van der Waals surface area contributed by atoms with Gasteiger partial charge >= 0.3 is 6.03 Å². The van der Waals surface area contributed by atoms with Crippen molar-refractivity contribution in [3.63, 3.8) is 0 Å². The van der Waals surface area contributed by atoms with Crippen LogP contribution in [0.4, 0.5) is 10.5 Å². The van der Waals surface area contributed by atoms with E-state index in [4.69, 9.17) is 0 Å². The molecule has 108 valence electrons. The molecule has 3 N–H and O–H groups in total. The second kappa shape index (κ2) is 6.27. The smallest absolute Gasteiger partial charge is 0.316 e. The molecule has 0 fully saturated rings. The number of urea groups is 1. The van der Waals surface area contributed by atoms with Crippen molar-refractivity contribution in [3.8, 4) is 0 Å². The van der Waals surface area contributed by atoms with Gasteiger partial charge in [-0.15, -0.1) is 0 Å². The third-order valence-corrected chi connectivity index (χ3v) is 3.17. The number of fused-ring (bicyclic) bond motifs is 1.